The Morgan fingerprint density at radius 2 is 2.00 bits per heavy atom. The fraction of sp³-hybridized carbons (Fsp3) is 0.667. The molecule has 28 heavy (non-hydrogen) atoms. The van der Waals surface area contributed by atoms with Gasteiger partial charge in [0.25, 0.3) is 0 Å². The number of benzene rings is 1. The number of nitrogens with zero attached hydrogens (tertiary/aromatic N) is 2. The molecule has 1 aliphatic rings. The Morgan fingerprint density at radius 1 is 1.25 bits per heavy atom. The van der Waals surface area contributed by atoms with Gasteiger partial charge in [-0.2, -0.15) is 0 Å². The van der Waals surface area contributed by atoms with E-state index in [9.17, 15) is 0 Å². The van der Waals surface area contributed by atoms with Crippen LogP contribution in [-0.2, 0) is 11.3 Å². The number of methoxy groups -OCH3 is 1. The van der Waals surface area contributed by atoms with Gasteiger partial charge in [0.2, 0.25) is 0 Å². The molecule has 160 valence electrons. The standard InChI is InChI=1S/C21H35N3O3.HI/c1-5-22-21(24(3)12-9-17-10-13-26-14-11-17)23-16-18-7-8-19(27-6-2)20(15-18)25-4;/h7-8,15,17H,5-6,9-14,16H2,1-4H3,(H,22,23);1H. The summed E-state index contributed by atoms with van der Waals surface area (Å²) in [6.45, 7) is 8.96. The minimum Gasteiger partial charge on any atom is -0.493 e. The lowest BCUT2D eigenvalue weighted by molar-refractivity contribution is 0.0625. The molecule has 0 amide bonds. The second-order valence-electron chi connectivity index (χ2n) is 6.85. The van der Waals surface area contributed by atoms with Gasteiger partial charge in [-0.1, -0.05) is 6.07 Å². The van der Waals surface area contributed by atoms with Gasteiger partial charge in [-0.05, 0) is 56.7 Å². The fourth-order valence-electron chi connectivity index (χ4n) is 3.24. The third kappa shape index (κ3) is 8.03. The van der Waals surface area contributed by atoms with Gasteiger partial charge in [-0.15, -0.1) is 24.0 Å². The van der Waals surface area contributed by atoms with Crippen LogP contribution in [0, 0.1) is 5.92 Å². The molecule has 0 aliphatic carbocycles. The molecule has 1 fully saturated rings. The predicted molar refractivity (Wildman–Crippen MR) is 125 cm³/mol. The Bertz CT molecular complexity index is 592. The molecule has 0 radical (unpaired) electrons. The highest BCUT2D eigenvalue weighted by molar-refractivity contribution is 14.0. The van der Waals surface area contributed by atoms with Crippen molar-refractivity contribution in [3.63, 3.8) is 0 Å². The van der Waals surface area contributed by atoms with E-state index in [1.807, 2.05) is 25.1 Å². The van der Waals surface area contributed by atoms with E-state index in [1.165, 1.54) is 19.3 Å². The van der Waals surface area contributed by atoms with Crippen LogP contribution in [0.4, 0.5) is 0 Å². The van der Waals surface area contributed by atoms with Crippen LogP contribution in [0.5, 0.6) is 11.5 Å². The van der Waals surface area contributed by atoms with Crippen molar-refractivity contribution < 1.29 is 14.2 Å². The Labute approximate surface area is 187 Å². The largest absolute Gasteiger partial charge is 0.493 e. The molecular weight excluding hydrogens is 469 g/mol. The summed E-state index contributed by atoms with van der Waals surface area (Å²) in [7, 11) is 3.78. The normalized spacial score (nSPS) is 14.9. The maximum Gasteiger partial charge on any atom is 0.193 e. The van der Waals surface area contributed by atoms with Crippen molar-refractivity contribution >= 4 is 29.9 Å². The average Bonchev–Trinajstić information content (AvgIpc) is 2.71. The van der Waals surface area contributed by atoms with Crippen LogP contribution >= 0.6 is 24.0 Å². The summed E-state index contributed by atoms with van der Waals surface area (Å²) in [5, 5.41) is 3.40. The zero-order valence-electron chi connectivity index (χ0n) is 17.7. The molecule has 0 spiro atoms. The summed E-state index contributed by atoms with van der Waals surface area (Å²) in [4.78, 5) is 7.04. The molecule has 0 aromatic heterocycles. The second kappa shape index (κ2) is 13.9. The Hall–Kier alpha value is -1.22. The number of ether oxygens (including phenoxy) is 3. The second-order valence-corrected chi connectivity index (χ2v) is 6.85. The minimum absolute atomic E-state index is 0. The monoisotopic (exact) mass is 505 g/mol. The van der Waals surface area contributed by atoms with Crippen molar-refractivity contribution in [3.05, 3.63) is 23.8 Å². The predicted octanol–water partition coefficient (Wildman–Crippen LogP) is 3.93. The van der Waals surface area contributed by atoms with E-state index in [0.29, 0.717) is 13.2 Å². The van der Waals surface area contributed by atoms with Crippen molar-refractivity contribution in [1.29, 1.82) is 0 Å². The lowest BCUT2D eigenvalue weighted by Gasteiger charge is -2.26. The molecule has 7 heteroatoms. The van der Waals surface area contributed by atoms with Crippen molar-refractivity contribution in [2.45, 2.75) is 39.7 Å². The molecule has 1 aromatic carbocycles. The number of hydrogen-bond acceptors (Lipinski definition) is 4. The number of nitrogens with one attached hydrogen (secondary N) is 1. The Morgan fingerprint density at radius 3 is 2.64 bits per heavy atom. The minimum atomic E-state index is 0. The summed E-state index contributed by atoms with van der Waals surface area (Å²) >= 11 is 0. The molecule has 6 nitrogen and oxygen atoms in total. The summed E-state index contributed by atoms with van der Waals surface area (Å²) in [6.07, 6.45) is 3.53. The van der Waals surface area contributed by atoms with E-state index in [1.54, 1.807) is 7.11 Å². The molecule has 0 saturated carbocycles. The van der Waals surface area contributed by atoms with Crippen LogP contribution in [0.3, 0.4) is 0 Å². The first-order valence-electron chi connectivity index (χ1n) is 10.0. The van der Waals surface area contributed by atoms with Crippen LogP contribution in [-0.4, -0.2) is 57.9 Å². The zero-order chi connectivity index (χ0) is 19.5. The summed E-state index contributed by atoms with van der Waals surface area (Å²) in [6, 6.07) is 6.00. The number of guanidine groups is 1. The highest BCUT2D eigenvalue weighted by atomic mass is 127. The van der Waals surface area contributed by atoms with E-state index in [-0.39, 0.29) is 24.0 Å². The smallest absolute Gasteiger partial charge is 0.193 e. The first kappa shape index (κ1) is 24.8. The first-order valence-corrected chi connectivity index (χ1v) is 10.0. The van der Waals surface area contributed by atoms with Gasteiger partial charge >= 0.3 is 0 Å². The van der Waals surface area contributed by atoms with Crippen LogP contribution < -0.4 is 14.8 Å². The van der Waals surface area contributed by atoms with Crippen molar-refractivity contribution in [2.75, 3.05) is 47.1 Å². The molecule has 1 saturated heterocycles. The van der Waals surface area contributed by atoms with Crippen LogP contribution in [0.25, 0.3) is 0 Å². The maximum atomic E-state index is 5.58. The topological polar surface area (TPSA) is 55.3 Å². The van der Waals surface area contributed by atoms with Crippen LogP contribution in [0.15, 0.2) is 23.2 Å². The van der Waals surface area contributed by atoms with Gasteiger partial charge in [0.05, 0.1) is 20.3 Å². The summed E-state index contributed by atoms with van der Waals surface area (Å²) < 4.78 is 16.5. The van der Waals surface area contributed by atoms with E-state index < -0.39 is 0 Å². The van der Waals surface area contributed by atoms with Gasteiger partial charge in [-0.3, -0.25) is 0 Å². The van der Waals surface area contributed by atoms with Gasteiger partial charge in [-0.25, -0.2) is 4.99 Å². The molecule has 2 rings (SSSR count). The van der Waals surface area contributed by atoms with E-state index in [4.69, 9.17) is 19.2 Å². The van der Waals surface area contributed by atoms with Crippen molar-refractivity contribution in [3.8, 4) is 11.5 Å². The van der Waals surface area contributed by atoms with Gasteiger partial charge in [0.15, 0.2) is 17.5 Å². The summed E-state index contributed by atoms with van der Waals surface area (Å²) in [5.74, 6) is 3.23. The molecule has 0 unspecified atom stereocenters. The van der Waals surface area contributed by atoms with Crippen LogP contribution in [0.2, 0.25) is 0 Å². The molecular formula is C21H36IN3O3. The Kier molecular flexibility index (Phi) is 12.3. The highest BCUT2D eigenvalue weighted by Crippen LogP contribution is 2.28. The van der Waals surface area contributed by atoms with Crippen LogP contribution in [0.1, 0.15) is 38.7 Å². The molecule has 0 bridgehead atoms. The quantitative estimate of drug-likeness (QED) is 0.313. The van der Waals surface area contributed by atoms with E-state index >= 15 is 0 Å². The van der Waals surface area contributed by atoms with Crippen molar-refractivity contribution in [1.82, 2.24) is 10.2 Å². The third-order valence-corrected chi connectivity index (χ3v) is 4.85. The number of halogens is 1. The number of hydrogen-bond donors (Lipinski definition) is 1. The van der Waals surface area contributed by atoms with E-state index in [0.717, 1.165) is 55.2 Å². The maximum absolute atomic E-state index is 5.58. The molecule has 0 atom stereocenters. The molecule has 1 aromatic rings. The zero-order valence-corrected chi connectivity index (χ0v) is 20.0. The number of rotatable bonds is 9. The number of aliphatic imine (C=N–C) groups is 1. The fourth-order valence-corrected chi connectivity index (χ4v) is 3.24. The third-order valence-electron chi connectivity index (χ3n) is 4.85. The highest BCUT2D eigenvalue weighted by Gasteiger charge is 2.15. The summed E-state index contributed by atoms with van der Waals surface area (Å²) in [5.41, 5.74) is 1.10. The first-order chi connectivity index (χ1) is 13.2. The van der Waals surface area contributed by atoms with Gasteiger partial charge < -0.3 is 24.4 Å². The molecule has 1 aliphatic heterocycles. The molecule has 1 heterocycles. The lowest BCUT2D eigenvalue weighted by atomic mass is 9.96. The average molecular weight is 505 g/mol. The Balaban J connectivity index is 0.00000392. The van der Waals surface area contributed by atoms with Gasteiger partial charge in [0.1, 0.15) is 0 Å². The van der Waals surface area contributed by atoms with Crippen molar-refractivity contribution in [2.24, 2.45) is 10.9 Å². The SMILES string of the molecule is CCNC(=NCc1ccc(OCC)c(OC)c1)N(C)CCC1CCOCC1.I. The van der Waals surface area contributed by atoms with Gasteiger partial charge in [0, 0.05) is 33.4 Å². The molecule has 1 N–H and O–H groups in total. The van der Waals surface area contributed by atoms with E-state index in [2.05, 4.69) is 24.2 Å². The lowest BCUT2D eigenvalue weighted by Crippen LogP contribution is -2.40.